The monoisotopic (exact) mass is 431 g/mol. The molecule has 29 heavy (non-hydrogen) atoms. The molecule has 2 aromatic rings. The van der Waals surface area contributed by atoms with E-state index in [1.54, 1.807) is 36.7 Å². The molecule has 0 bridgehead atoms. The van der Waals surface area contributed by atoms with E-state index in [4.69, 9.17) is 27.2 Å². The Labute approximate surface area is 168 Å². The molecule has 1 aromatic carbocycles. The highest BCUT2D eigenvalue weighted by molar-refractivity contribution is 6.30. The van der Waals surface area contributed by atoms with Crippen molar-refractivity contribution in [1.82, 2.24) is 14.9 Å². The lowest BCUT2D eigenvalue weighted by molar-refractivity contribution is -0.192. The molecule has 156 valence electrons. The lowest BCUT2D eigenvalue weighted by Gasteiger charge is -2.17. The highest BCUT2D eigenvalue weighted by Crippen LogP contribution is 2.17. The molecule has 8 nitrogen and oxygen atoms in total. The third-order valence-corrected chi connectivity index (χ3v) is 4.02. The third-order valence-electron chi connectivity index (χ3n) is 3.83. The summed E-state index contributed by atoms with van der Waals surface area (Å²) in [5, 5.41) is 10.8. The van der Waals surface area contributed by atoms with Gasteiger partial charge in [0, 0.05) is 30.4 Å². The number of alkyl halides is 3. The van der Waals surface area contributed by atoms with Gasteiger partial charge in [-0.05, 0) is 30.7 Å². The Hall–Kier alpha value is -3.08. The number of halogens is 4. The minimum atomic E-state index is -5.08. The summed E-state index contributed by atoms with van der Waals surface area (Å²) in [5.41, 5.74) is 6.94. The maximum Gasteiger partial charge on any atom is 0.490 e. The first kappa shape index (κ1) is 22.2. The quantitative estimate of drug-likeness (QED) is 0.639. The number of rotatable bonds is 3. The standard InChI is InChI=1S/C15H16ClN5O.C2HF3O2/c16-11-7-18-15(19-8-11)20-13-5-6-21(9-13)14(22)10-1-3-12(17)4-2-10;3-2(4,5)1(6)7/h1-4,7-8,13H,5-6,9,17H2,(H,18,19,20);(H,6,7). The van der Waals surface area contributed by atoms with Gasteiger partial charge in [-0.15, -0.1) is 0 Å². The van der Waals surface area contributed by atoms with Gasteiger partial charge in [0.05, 0.1) is 17.4 Å². The fraction of sp³-hybridized carbons (Fsp3) is 0.294. The van der Waals surface area contributed by atoms with Crippen LogP contribution in [-0.4, -0.2) is 57.2 Å². The average molecular weight is 432 g/mol. The van der Waals surface area contributed by atoms with Crippen LogP contribution in [-0.2, 0) is 4.79 Å². The van der Waals surface area contributed by atoms with Crippen LogP contribution in [0.5, 0.6) is 0 Å². The number of likely N-dealkylation sites (tertiary alicyclic amines) is 1. The summed E-state index contributed by atoms with van der Waals surface area (Å²) in [7, 11) is 0. The smallest absolute Gasteiger partial charge is 0.475 e. The summed E-state index contributed by atoms with van der Waals surface area (Å²) in [4.78, 5) is 31.3. The first-order valence-corrected chi connectivity index (χ1v) is 8.63. The fourth-order valence-electron chi connectivity index (χ4n) is 2.44. The maximum absolute atomic E-state index is 12.4. The zero-order chi connectivity index (χ0) is 21.6. The second-order valence-electron chi connectivity index (χ2n) is 6.03. The second-order valence-corrected chi connectivity index (χ2v) is 6.47. The predicted octanol–water partition coefficient (Wildman–Crippen LogP) is 2.67. The Bertz CT molecular complexity index is 847. The summed E-state index contributed by atoms with van der Waals surface area (Å²) in [6.07, 6.45) is -1.14. The van der Waals surface area contributed by atoms with Gasteiger partial charge in [-0.25, -0.2) is 14.8 Å². The highest BCUT2D eigenvalue weighted by Gasteiger charge is 2.38. The molecule has 4 N–H and O–H groups in total. The van der Waals surface area contributed by atoms with E-state index < -0.39 is 12.1 Å². The van der Waals surface area contributed by atoms with Gasteiger partial charge < -0.3 is 21.1 Å². The number of hydrogen-bond donors (Lipinski definition) is 3. The number of hydrogen-bond acceptors (Lipinski definition) is 6. The number of nitrogens with zero attached hydrogens (tertiary/aromatic N) is 3. The summed E-state index contributed by atoms with van der Waals surface area (Å²) in [6, 6.07) is 7.11. The summed E-state index contributed by atoms with van der Waals surface area (Å²) in [5.74, 6) is -2.22. The van der Waals surface area contributed by atoms with Crippen LogP contribution in [0.4, 0.5) is 24.8 Å². The molecule has 0 aliphatic carbocycles. The SMILES string of the molecule is Nc1ccc(C(=O)N2CCC(Nc3ncc(Cl)cn3)C2)cc1.O=C(O)C(F)(F)F. The van der Waals surface area contributed by atoms with Crippen LogP contribution in [0.1, 0.15) is 16.8 Å². The van der Waals surface area contributed by atoms with E-state index >= 15 is 0 Å². The molecule has 1 saturated heterocycles. The number of nitrogens with two attached hydrogens (primary N) is 1. The molecule has 1 aliphatic rings. The minimum absolute atomic E-state index is 0.0151. The molecule has 1 unspecified atom stereocenters. The molecule has 0 radical (unpaired) electrons. The van der Waals surface area contributed by atoms with Gasteiger partial charge in [0.15, 0.2) is 0 Å². The number of carboxylic acid groups (broad SMARTS) is 1. The van der Waals surface area contributed by atoms with E-state index in [1.807, 2.05) is 4.90 Å². The largest absolute Gasteiger partial charge is 0.490 e. The highest BCUT2D eigenvalue weighted by atomic mass is 35.5. The molecule has 2 heterocycles. The van der Waals surface area contributed by atoms with Gasteiger partial charge in [-0.2, -0.15) is 13.2 Å². The Balaban J connectivity index is 0.000000370. The van der Waals surface area contributed by atoms with E-state index in [1.165, 1.54) is 0 Å². The van der Waals surface area contributed by atoms with Crippen molar-refractivity contribution in [1.29, 1.82) is 0 Å². The molecule has 1 fully saturated rings. The van der Waals surface area contributed by atoms with Crippen molar-refractivity contribution in [3.05, 3.63) is 47.2 Å². The molecule has 1 amide bonds. The number of amides is 1. The van der Waals surface area contributed by atoms with Gasteiger partial charge in [0.2, 0.25) is 5.95 Å². The number of carbonyl (C=O) groups is 2. The van der Waals surface area contributed by atoms with Crippen LogP contribution >= 0.6 is 11.6 Å². The van der Waals surface area contributed by atoms with Crippen LogP contribution in [0.15, 0.2) is 36.7 Å². The molecule has 0 saturated carbocycles. The van der Waals surface area contributed by atoms with Crippen molar-refractivity contribution < 1.29 is 27.9 Å². The molecule has 1 aliphatic heterocycles. The Kier molecular flexibility index (Phi) is 7.21. The summed E-state index contributed by atoms with van der Waals surface area (Å²) in [6.45, 7) is 1.32. The van der Waals surface area contributed by atoms with Gasteiger partial charge in [0.1, 0.15) is 0 Å². The topological polar surface area (TPSA) is 121 Å². The number of benzene rings is 1. The molecule has 1 atom stereocenters. The van der Waals surface area contributed by atoms with Crippen LogP contribution in [0.2, 0.25) is 5.02 Å². The molecule has 3 rings (SSSR count). The van der Waals surface area contributed by atoms with E-state index in [2.05, 4.69) is 15.3 Å². The number of nitrogen functional groups attached to an aromatic ring is 1. The number of aromatic nitrogens is 2. The third kappa shape index (κ3) is 6.79. The molecule has 12 heteroatoms. The fourth-order valence-corrected chi connectivity index (χ4v) is 2.54. The molecular formula is C17H17ClF3N5O3. The van der Waals surface area contributed by atoms with Crippen molar-refractivity contribution in [3.8, 4) is 0 Å². The second kappa shape index (κ2) is 9.41. The average Bonchev–Trinajstić information content (AvgIpc) is 3.12. The lowest BCUT2D eigenvalue weighted by atomic mass is 10.2. The van der Waals surface area contributed by atoms with Crippen LogP contribution in [0.3, 0.4) is 0 Å². The van der Waals surface area contributed by atoms with Gasteiger partial charge in [-0.3, -0.25) is 4.79 Å². The van der Waals surface area contributed by atoms with Crippen LogP contribution in [0, 0.1) is 0 Å². The van der Waals surface area contributed by atoms with Gasteiger partial charge in [-0.1, -0.05) is 11.6 Å². The maximum atomic E-state index is 12.4. The summed E-state index contributed by atoms with van der Waals surface area (Å²) < 4.78 is 31.7. The van der Waals surface area contributed by atoms with E-state index in [9.17, 15) is 18.0 Å². The van der Waals surface area contributed by atoms with Crippen molar-refractivity contribution in [3.63, 3.8) is 0 Å². The molecule has 0 spiro atoms. The van der Waals surface area contributed by atoms with Gasteiger partial charge >= 0.3 is 12.1 Å². The van der Waals surface area contributed by atoms with E-state index in [0.717, 1.165) is 6.42 Å². The van der Waals surface area contributed by atoms with E-state index in [-0.39, 0.29) is 11.9 Å². The number of carbonyl (C=O) groups excluding carboxylic acids is 1. The zero-order valence-electron chi connectivity index (χ0n) is 14.9. The van der Waals surface area contributed by atoms with Crippen LogP contribution in [0.25, 0.3) is 0 Å². The number of anilines is 2. The Morgan fingerprint density at radius 1 is 1.21 bits per heavy atom. The first-order chi connectivity index (χ1) is 13.6. The van der Waals surface area contributed by atoms with Crippen molar-refractivity contribution >= 4 is 35.1 Å². The number of carboxylic acids is 1. The normalized spacial score (nSPS) is 16.0. The molecular weight excluding hydrogens is 415 g/mol. The Morgan fingerprint density at radius 3 is 2.28 bits per heavy atom. The van der Waals surface area contributed by atoms with Crippen molar-refractivity contribution in [2.45, 2.75) is 18.6 Å². The van der Waals surface area contributed by atoms with Gasteiger partial charge in [0.25, 0.3) is 5.91 Å². The van der Waals surface area contributed by atoms with Crippen LogP contribution < -0.4 is 11.1 Å². The van der Waals surface area contributed by atoms with E-state index in [0.29, 0.717) is 35.3 Å². The Morgan fingerprint density at radius 2 is 1.76 bits per heavy atom. The lowest BCUT2D eigenvalue weighted by Crippen LogP contribution is -2.31. The predicted molar refractivity (Wildman–Crippen MR) is 99.5 cm³/mol. The number of nitrogens with one attached hydrogen (secondary N) is 1. The first-order valence-electron chi connectivity index (χ1n) is 8.25. The zero-order valence-corrected chi connectivity index (χ0v) is 15.6. The number of aliphatic carboxylic acids is 1. The van der Waals surface area contributed by atoms with Crippen molar-refractivity contribution in [2.24, 2.45) is 0 Å². The van der Waals surface area contributed by atoms with Crippen molar-refractivity contribution in [2.75, 3.05) is 24.1 Å². The molecule has 1 aromatic heterocycles. The summed E-state index contributed by atoms with van der Waals surface area (Å²) >= 11 is 5.76. The minimum Gasteiger partial charge on any atom is -0.475 e.